The molecule has 0 atom stereocenters. The molecule has 0 N–H and O–H groups in total. The summed E-state index contributed by atoms with van der Waals surface area (Å²) in [5, 5.41) is 0. The lowest BCUT2D eigenvalue weighted by atomic mass is 10.2. The summed E-state index contributed by atoms with van der Waals surface area (Å²) >= 11 is 0. The summed E-state index contributed by atoms with van der Waals surface area (Å²) in [7, 11) is 1.84. The topological polar surface area (TPSA) is 36.2 Å². The maximum Gasteiger partial charge on any atom is 0.328 e. The molecule has 0 spiro atoms. The van der Waals surface area contributed by atoms with E-state index < -0.39 is 0 Å². The Hall–Kier alpha value is -1.03. The van der Waals surface area contributed by atoms with Gasteiger partial charge in [-0.05, 0) is 12.8 Å². The molecule has 1 aliphatic carbocycles. The van der Waals surface area contributed by atoms with Gasteiger partial charge in [0.1, 0.15) is 0 Å². The molecule has 0 bridgehead atoms. The van der Waals surface area contributed by atoms with E-state index in [0.29, 0.717) is 12.6 Å². The second-order valence-corrected chi connectivity index (χ2v) is 4.14. The highest BCUT2D eigenvalue weighted by Crippen LogP contribution is 2.36. The SMILES string of the molecule is Cn1c2c(n(C3CC3)c1=O)CCOC2. The monoisotopic (exact) mass is 194 g/mol. The maximum absolute atomic E-state index is 11.9. The molecule has 4 heteroatoms. The van der Waals surface area contributed by atoms with Crippen molar-refractivity contribution in [3.05, 3.63) is 21.9 Å². The highest BCUT2D eigenvalue weighted by Gasteiger charge is 2.31. The highest BCUT2D eigenvalue weighted by molar-refractivity contribution is 5.18. The largest absolute Gasteiger partial charge is 0.375 e. The molecule has 2 heterocycles. The van der Waals surface area contributed by atoms with E-state index in [4.69, 9.17) is 4.74 Å². The van der Waals surface area contributed by atoms with Gasteiger partial charge < -0.3 is 4.74 Å². The van der Waals surface area contributed by atoms with Crippen LogP contribution in [0.3, 0.4) is 0 Å². The Morgan fingerprint density at radius 1 is 1.36 bits per heavy atom. The van der Waals surface area contributed by atoms with Crippen LogP contribution in [0.15, 0.2) is 4.79 Å². The number of aromatic nitrogens is 2. The van der Waals surface area contributed by atoms with Gasteiger partial charge in [0.15, 0.2) is 0 Å². The zero-order valence-electron chi connectivity index (χ0n) is 8.32. The lowest BCUT2D eigenvalue weighted by molar-refractivity contribution is 0.104. The summed E-state index contributed by atoms with van der Waals surface area (Å²) in [6.45, 7) is 1.35. The van der Waals surface area contributed by atoms with Gasteiger partial charge >= 0.3 is 5.69 Å². The fraction of sp³-hybridized carbons (Fsp3) is 0.700. The molecule has 1 fully saturated rings. The third-order valence-corrected chi connectivity index (χ3v) is 3.16. The Labute approximate surface area is 82.1 Å². The average Bonchev–Trinajstić information content (AvgIpc) is 2.99. The predicted molar refractivity (Wildman–Crippen MR) is 51.3 cm³/mol. The molecule has 0 unspecified atom stereocenters. The Morgan fingerprint density at radius 2 is 2.14 bits per heavy atom. The number of ether oxygens (including phenoxy) is 1. The van der Waals surface area contributed by atoms with Gasteiger partial charge in [0.05, 0.1) is 18.9 Å². The van der Waals surface area contributed by atoms with Crippen molar-refractivity contribution in [3.8, 4) is 0 Å². The smallest absolute Gasteiger partial charge is 0.328 e. The van der Waals surface area contributed by atoms with Gasteiger partial charge in [-0.2, -0.15) is 0 Å². The van der Waals surface area contributed by atoms with Crippen molar-refractivity contribution < 1.29 is 4.74 Å². The molecule has 1 aliphatic heterocycles. The van der Waals surface area contributed by atoms with Crippen molar-refractivity contribution in [2.24, 2.45) is 7.05 Å². The van der Waals surface area contributed by atoms with Crippen LogP contribution < -0.4 is 5.69 Å². The Morgan fingerprint density at radius 3 is 2.86 bits per heavy atom. The van der Waals surface area contributed by atoms with Gasteiger partial charge in [-0.3, -0.25) is 9.13 Å². The molecule has 0 radical (unpaired) electrons. The quantitative estimate of drug-likeness (QED) is 0.656. The van der Waals surface area contributed by atoms with E-state index in [9.17, 15) is 4.79 Å². The van der Waals surface area contributed by atoms with Gasteiger partial charge in [-0.25, -0.2) is 4.79 Å². The first kappa shape index (κ1) is 8.29. The zero-order chi connectivity index (χ0) is 9.71. The molecular formula is C10H14N2O2. The second-order valence-electron chi connectivity index (χ2n) is 4.14. The van der Waals surface area contributed by atoms with Crippen LogP contribution >= 0.6 is 0 Å². The van der Waals surface area contributed by atoms with Gasteiger partial charge in [0.25, 0.3) is 0 Å². The molecule has 76 valence electrons. The first-order chi connectivity index (χ1) is 6.79. The zero-order valence-corrected chi connectivity index (χ0v) is 8.32. The summed E-state index contributed by atoms with van der Waals surface area (Å²) in [6, 6.07) is 0.482. The van der Waals surface area contributed by atoms with E-state index in [1.54, 1.807) is 4.57 Å². The molecular weight excluding hydrogens is 180 g/mol. The minimum atomic E-state index is 0.142. The van der Waals surface area contributed by atoms with E-state index in [-0.39, 0.29) is 5.69 Å². The van der Waals surface area contributed by atoms with E-state index >= 15 is 0 Å². The number of imidazole rings is 1. The fourth-order valence-corrected chi connectivity index (χ4v) is 2.22. The summed E-state index contributed by atoms with van der Waals surface area (Å²) in [4.78, 5) is 11.9. The first-order valence-electron chi connectivity index (χ1n) is 5.15. The van der Waals surface area contributed by atoms with Crippen LogP contribution in [0.25, 0.3) is 0 Å². The van der Waals surface area contributed by atoms with Crippen molar-refractivity contribution in [1.29, 1.82) is 0 Å². The third-order valence-electron chi connectivity index (χ3n) is 3.16. The predicted octanol–water partition coefficient (Wildman–Crippen LogP) is 0.594. The first-order valence-corrected chi connectivity index (χ1v) is 5.15. The molecule has 0 saturated heterocycles. The Bertz CT molecular complexity index is 426. The van der Waals surface area contributed by atoms with E-state index in [1.807, 2.05) is 11.6 Å². The summed E-state index contributed by atoms with van der Waals surface area (Å²) in [5.74, 6) is 0. The number of fused-ring (bicyclic) bond motifs is 1. The molecule has 2 aliphatic rings. The maximum atomic E-state index is 11.9. The second kappa shape index (κ2) is 2.73. The molecule has 0 aromatic carbocycles. The van der Waals surface area contributed by atoms with Crippen LogP contribution in [0.2, 0.25) is 0 Å². The van der Waals surface area contributed by atoms with E-state index in [1.165, 1.54) is 5.69 Å². The van der Waals surface area contributed by atoms with E-state index in [0.717, 1.165) is 31.6 Å². The Balaban J connectivity index is 2.22. The molecule has 0 amide bonds. The van der Waals surface area contributed by atoms with Gasteiger partial charge in [-0.15, -0.1) is 0 Å². The molecule has 4 nitrogen and oxygen atoms in total. The van der Waals surface area contributed by atoms with Crippen LogP contribution in [-0.2, 0) is 24.8 Å². The lowest BCUT2D eigenvalue weighted by Crippen LogP contribution is -2.22. The lowest BCUT2D eigenvalue weighted by Gasteiger charge is -2.14. The molecule has 1 aromatic heterocycles. The van der Waals surface area contributed by atoms with Crippen LogP contribution in [0.1, 0.15) is 30.3 Å². The highest BCUT2D eigenvalue weighted by atomic mass is 16.5. The molecule has 3 rings (SSSR count). The summed E-state index contributed by atoms with van der Waals surface area (Å²) in [6.07, 6.45) is 3.22. The van der Waals surface area contributed by atoms with Gasteiger partial charge in [0.2, 0.25) is 0 Å². The number of rotatable bonds is 1. The summed E-state index contributed by atoms with van der Waals surface area (Å²) < 4.78 is 9.10. The van der Waals surface area contributed by atoms with Crippen molar-refractivity contribution in [2.45, 2.75) is 31.9 Å². The number of hydrogen-bond acceptors (Lipinski definition) is 2. The Kier molecular flexibility index (Phi) is 1.62. The minimum Gasteiger partial charge on any atom is -0.375 e. The molecule has 1 saturated carbocycles. The minimum absolute atomic E-state index is 0.142. The van der Waals surface area contributed by atoms with Crippen LogP contribution in [0.4, 0.5) is 0 Å². The summed E-state index contributed by atoms with van der Waals surface area (Å²) in [5.41, 5.74) is 2.43. The molecule has 14 heavy (non-hydrogen) atoms. The normalized spacial score (nSPS) is 20.9. The van der Waals surface area contributed by atoms with Gasteiger partial charge in [-0.1, -0.05) is 0 Å². The van der Waals surface area contributed by atoms with Crippen molar-refractivity contribution in [3.63, 3.8) is 0 Å². The van der Waals surface area contributed by atoms with Gasteiger partial charge in [0, 0.05) is 25.2 Å². The molecule has 1 aromatic rings. The van der Waals surface area contributed by atoms with Crippen LogP contribution in [-0.4, -0.2) is 15.7 Å². The van der Waals surface area contributed by atoms with Crippen molar-refractivity contribution in [2.75, 3.05) is 6.61 Å². The average molecular weight is 194 g/mol. The number of hydrogen-bond donors (Lipinski definition) is 0. The van der Waals surface area contributed by atoms with Crippen LogP contribution in [0.5, 0.6) is 0 Å². The fourth-order valence-electron chi connectivity index (χ4n) is 2.22. The standard InChI is InChI=1S/C10H14N2O2/c1-11-9-6-14-5-4-8(9)12(10(11)13)7-2-3-7/h7H,2-6H2,1H3. The third kappa shape index (κ3) is 1.00. The number of nitrogens with zero attached hydrogens (tertiary/aromatic N) is 2. The van der Waals surface area contributed by atoms with Crippen molar-refractivity contribution in [1.82, 2.24) is 9.13 Å². The van der Waals surface area contributed by atoms with Crippen molar-refractivity contribution >= 4 is 0 Å². The van der Waals surface area contributed by atoms with E-state index in [2.05, 4.69) is 0 Å². The van der Waals surface area contributed by atoms with Crippen LogP contribution in [0, 0.1) is 0 Å².